The van der Waals surface area contributed by atoms with Gasteiger partial charge in [0, 0.05) is 24.2 Å². The summed E-state index contributed by atoms with van der Waals surface area (Å²) in [7, 11) is 1.54. The van der Waals surface area contributed by atoms with Crippen LogP contribution in [0.1, 0.15) is 33.3 Å². The molecule has 0 heterocycles. The maximum Gasteiger partial charge on any atom is 0.131 e. The van der Waals surface area contributed by atoms with Crippen molar-refractivity contribution in [2.24, 2.45) is 10.8 Å². The molecule has 2 nitrogen and oxygen atoms in total. The van der Waals surface area contributed by atoms with Crippen LogP contribution in [0.5, 0.6) is 5.75 Å². The molecule has 1 aromatic rings. The Balaban J connectivity index is 2.00. The zero-order chi connectivity index (χ0) is 13.6. The van der Waals surface area contributed by atoms with Crippen LogP contribution in [0.25, 0.3) is 0 Å². The fraction of sp³-hybridized carbons (Fsp3) is 0.600. The Morgan fingerprint density at radius 2 is 1.83 bits per heavy atom. The van der Waals surface area contributed by atoms with Crippen LogP contribution in [0.15, 0.2) is 18.2 Å². The monoisotopic (exact) mass is 251 g/mol. The fourth-order valence-electron chi connectivity index (χ4n) is 2.72. The van der Waals surface area contributed by atoms with Crippen molar-refractivity contribution < 1.29 is 9.13 Å². The van der Waals surface area contributed by atoms with Crippen LogP contribution in [0, 0.1) is 16.6 Å². The molecule has 1 N–H and O–H groups in total. The topological polar surface area (TPSA) is 21.3 Å². The van der Waals surface area contributed by atoms with E-state index in [4.69, 9.17) is 4.74 Å². The Hall–Kier alpha value is -1.09. The minimum Gasteiger partial charge on any atom is -0.497 e. The number of hydrogen-bond acceptors (Lipinski definition) is 2. The number of benzene rings is 1. The third kappa shape index (κ3) is 2.01. The molecule has 0 bridgehead atoms. The van der Waals surface area contributed by atoms with Crippen molar-refractivity contribution in [3.63, 3.8) is 0 Å². The number of halogens is 1. The van der Waals surface area contributed by atoms with E-state index in [2.05, 4.69) is 33.0 Å². The van der Waals surface area contributed by atoms with E-state index in [1.165, 1.54) is 6.07 Å². The molecule has 3 heteroatoms. The van der Waals surface area contributed by atoms with Gasteiger partial charge in [-0.1, -0.05) is 33.8 Å². The van der Waals surface area contributed by atoms with Crippen molar-refractivity contribution in [2.45, 2.75) is 40.3 Å². The normalized spacial score (nSPS) is 20.8. The van der Waals surface area contributed by atoms with Gasteiger partial charge in [-0.25, -0.2) is 4.39 Å². The van der Waals surface area contributed by atoms with Gasteiger partial charge in [0.05, 0.1) is 7.11 Å². The van der Waals surface area contributed by atoms with Gasteiger partial charge in [-0.05, 0) is 16.9 Å². The Morgan fingerprint density at radius 1 is 1.22 bits per heavy atom. The molecule has 18 heavy (non-hydrogen) atoms. The van der Waals surface area contributed by atoms with E-state index in [9.17, 15) is 4.39 Å². The minimum absolute atomic E-state index is 0.210. The highest BCUT2D eigenvalue weighted by atomic mass is 19.1. The molecule has 0 unspecified atom stereocenters. The lowest BCUT2D eigenvalue weighted by molar-refractivity contribution is 0.410. The van der Waals surface area contributed by atoms with Crippen molar-refractivity contribution in [1.82, 2.24) is 5.32 Å². The lowest BCUT2D eigenvalue weighted by Gasteiger charge is -2.08. The van der Waals surface area contributed by atoms with Gasteiger partial charge in [-0.15, -0.1) is 0 Å². The van der Waals surface area contributed by atoms with Crippen LogP contribution in [-0.2, 0) is 6.54 Å². The largest absolute Gasteiger partial charge is 0.497 e. The average Bonchev–Trinajstić information content (AvgIpc) is 2.68. The lowest BCUT2D eigenvalue weighted by atomic mass is 10.0. The standard InChI is InChI=1S/C15H22FNO/c1-14(2)13(15(14,3)4)17-9-10-6-7-11(18-5)8-12(10)16/h6-8,13,17H,9H2,1-5H3. The molecule has 1 aliphatic rings. The first-order valence-electron chi connectivity index (χ1n) is 6.36. The van der Waals surface area contributed by atoms with Gasteiger partial charge < -0.3 is 10.1 Å². The highest BCUT2D eigenvalue weighted by Gasteiger charge is 2.64. The summed E-state index contributed by atoms with van der Waals surface area (Å²) >= 11 is 0. The van der Waals surface area contributed by atoms with E-state index >= 15 is 0 Å². The molecule has 0 aromatic heterocycles. The molecule has 100 valence electrons. The second kappa shape index (κ2) is 4.23. The van der Waals surface area contributed by atoms with Gasteiger partial charge in [0.25, 0.3) is 0 Å². The maximum absolute atomic E-state index is 13.8. The zero-order valence-electron chi connectivity index (χ0n) is 11.8. The zero-order valence-corrected chi connectivity index (χ0v) is 11.8. The van der Waals surface area contributed by atoms with E-state index < -0.39 is 0 Å². The molecule has 1 aliphatic carbocycles. The predicted octanol–water partition coefficient (Wildman–Crippen LogP) is 3.36. The van der Waals surface area contributed by atoms with Gasteiger partial charge >= 0.3 is 0 Å². The van der Waals surface area contributed by atoms with Crippen molar-refractivity contribution >= 4 is 0 Å². The fourth-order valence-corrected chi connectivity index (χ4v) is 2.72. The van der Waals surface area contributed by atoms with Crippen LogP contribution in [0.4, 0.5) is 4.39 Å². The Labute approximate surface area is 109 Å². The molecular weight excluding hydrogens is 229 g/mol. The van der Waals surface area contributed by atoms with E-state index in [1.54, 1.807) is 19.2 Å². The Bertz CT molecular complexity index is 440. The number of nitrogens with one attached hydrogen (secondary N) is 1. The molecule has 0 radical (unpaired) electrons. The van der Waals surface area contributed by atoms with Crippen LogP contribution >= 0.6 is 0 Å². The number of hydrogen-bond donors (Lipinski definition) is 1. The molecule has 1 aromatic carbocycles. The summed E-state index contributed by atoms with van der Waals surface area (Å²) in [5.74, 6) is 0.349. The van der Waals surface area contributed by atoms with Gasteiger partial charge in [0.2, 0.25) is 0 Å². The highest BCUT2D eigenvalue weighted by Crippen LogP contribution is 2.62. The molecule has 0 atom stereocenters. The molecule has 0 aliphatic heterocycles. The van der Waals surface area contributed by atoms with Crippen molar-refractivity contribution in [1.29, 1.82) is 0 Å². The van der Waals surface area contributed by atoms with E-state index in [0.29, 0.717) is 23.9 Å². The van der Waals surface area contributed by atoms with Gasteiger partial charge in [0.15, 0.2) is 0 Å². The molecular formula is C15H22FNO. The molecule has 0 amide bonds. The minimum atomic E-state index is -0.210. The number of methoxy groups -OCH3 is 1. The van der Waals surface area contributed by atoms with Gasteiger partial charge in [-0.3, -0.25) is 0 Å². The lowest BCUT2D eigenvalue weighted by Crippen LogP contribution is -2.22. The summed E-state index contributed by atoms with van der Waals surface area (Å²) in [6.07, 6.45) is 0. The highest BCUT2D eigenvalue weighted by molar-refractivity contribution is 5.29. The number of rotatable bonds is 4. The second-order valence-corrected chi connectivity index (χ2v) is 6.21. The molecule has 0 spiro atoms. The summed E-state index contributed by atoms with van der Waals surface area (Å²) in [6, 6.07) is 5.44. The smallest absolute Gasteiger partial charge is 0.131 e. The first-order valence-corrected chi connectivity index (χ1v) is 6.36. The van der Waals surface area contributed by atoms with E-state index in [0.717, 1.165) is 0 Å². The summed E-state index contributed by atoms with van der Waals surface area (Å²) in [4.78, 5) is 0. The summed E-state index contributed by atoms with van der Waals surface area (Å²) in [5.41, 5.74) is 1.24. The summed E-state index contributed by atoms with van der Waals surface area (Å²) < 4.78 is 18.8. The second-order valence-electron chi connectivity index (χ2n) is 6.21. The van der Waals surface area contributed by atoms with E-state index in [1.807, 2.05) is 0 Å². The molecule has 0 saturated heterocycles. The average molecular weight is 251 g/mol. The van der Waals surface area contributed by atoms with Gasteiger partial charge in [0.1, 0.15) is 11.6 Å². The number of ether oxygens (including phenoxy) is 1. The SMILES string of the molecule is COc1ccc(CNC2C(C)(C)C2(C)C)c(F)c1. The van der Waals surface area contributed by atoms with Crippen LogP contribution in [0.2, 0.25) is 0 Å². The quantitative estimate of drug-likeness (QED) is 0.886. The van der Waals surface area contributed by atoms with Crippen LogP contribution < -0.4 is 10.1 Å². The van der Waals surface area contributed by atoms with Crippen LogP contribution in [-0.4, -0.2) is 13.2 Å². The summed E-state index contributed by atoms with van der Waals surface area (Å²) in [6.45, 7) is 9.54. The molecule has 1 fully saturated rings. The maximum atomic E-state index is 13.8. The van der Waals surface area contributed by atoms with Crippen molar-refractivity contribution in [2.75, 3.05) is 7.11 Å². The molecule has 1 saturated carbocycles. The summed E-state index contributed by atoms with van der Waals surface area (Å²) in [5, 5.41) is 3.45. The third-order valence-corrected chi connectivity index (χ3v) is 4.78. The predicted molar refractivity (Wildman–Crippen MR) is 71.1 cm³/mol. The van der Waals surface area contributed by atoms with Gasteiger partial charge in [-0.2, -0.15) is 0 Å². The van der Waals surface area contributed by atoms with Crippen molar-refractivity contribution in [3.8, 4) is 5.75 Å². The van der Waals surface area contributed by atoms with Crippen LogP contribution in [0.3, 0.4) is 0 Å². The Kier molecular flexibility index (Phi) is 3.14. The Morgan fingerprint density at radius 3 is 2.28 bits per heavy atom. The first kappa shape index (κ1) is 13.3. The van der Waals surface area contributed by atoms with Crippen molar-refractivity contribution in [3.05, 3.63) is 29.6 Å². The first-order chi connectivity index (χ1) is 8.30. The van der Waals surface area contributed by atoms with E-state index in [-0.39, 0.29) is 16.6 Å². The molecule has 2 rings (SSSR count). The third-order valence-electron chi connectivity index (χ3n) is 4.78.